The van der Waals surface area contributed by atoms with Crippen molar-refractivity contribution < 1.29 is 22.4 Å². The molecule has 0 radical (unpaired) electrons. The van der Waals surface area contributed by atoms with Gasteiger partial charge in [-0.3, -0.25) is 15.1 Å². The third-order valence-corrected chi connectivity index (χ3v) is 5.43. The van der Waals surface area contributed by atoms with Crippen LogP contribution in [0.15, 0.2) is 66.9 Å². The topological polar surface area (TPSA) is 54.0 Å². The molecule has 1 aromatic heterocycles. The summed E-state index contributed by atoms with van der Waals surface area (Å²) in [6.07, 6.45) is -2.42. The fraction of sp³-hybridized carbons (Fsp3) is 0.280. The third kappa shape index (κ3) is 6.38. The molecule has 3 aromatic rings. The number of amides is 1. The minimum absolute atomic E-state index is 0.235. The van der Waals surface area contributed by atoms with Gasteiger partial charge in [0.05, 0.1) is 0 Å². The molecule has 0 aliphatic heterocycles. The van der Waals surface area contributed by atoms with Crippen LogP contribution in [0.25, 0.3) is 0 Å². The van der Waals surface area contributed by atoms with Gasteiger partial charge in [-0.2, -0.15) is 13.2 Å². The number of carbonyl (C=O) groups excluding carboxylic acids is 1. The Morgan fingerprint density at radius 3 is 2.33 bits per heavy atom. The molecule has 2 N–H and O–H groups in total. The van der Waals surface area contributed by atoms with Crippen LogP contribution >= 0.6 is 0 Å². The molecule has 1 heterocycles. The molecule has 1 amide bonds. The van der Waals surface area contributed by atoms with Crippen LogP contribution in [-0.4, -0.2) is 17.9 Å². The quantitative estimate of drug-likeness (QED) is 0.450. The van der Waals surface area contributed by atoms with Gasteiger partial charge in [-0.1, -0.05) is 48.5 Å². The molecular weight excluding hydrogens is 434 g/mol. The Hall–Kier alpha value is -3.26. The van der Waals surface area contributed by atoms with E-state index in [1.54, 1.807) is 26.1 Å². The van der Waals surface area contributed by atoms with Crippen molar-refractivity contribution in [3.05, 3.63) is 101 Å². The first-order valence-electron chi connectivity index (χ1n) is 10.5. The average molecular weight is 459 g/mol. The van der Waals surface area contributed by atoms with Gasteiger partial charge >= 0.3 is 6.18 Å². The Morgan fingerprint density at radius 2 is 1.76 bits per heavy atom. The van der Waals surface area contributed by atoms with Crippen LogP contribution in [0.2, 0.25) is 0 Å². The average Bonchev–Trinajstić information content (AvgIpc) is 2.81. The van der Waals surface area contributed by atoms with Crippen LogP contribution in [0.1, 0.15) is 46.5 Å². The van der Waals surface area contributed by atoms with E-state index in [1.807, 2.05) is 30.3 Å². The summed E-state index contributed by atoms with van der Waals surface area (Å²) < 4.78 is 52.3. The minimum atomic E-state index is -4.50. The lowest BCUT2D eigenvalue weighted by Gasteiger charge is -2.26. The molecule has 33 heavy (non-hydrogen) atoms. The van der Waals surface area contributed by atoms with Gasteiger partial charge in [0.15, 0.2) is 0 Å². The molecule has 0 saturated heterocycles. The Bertz CT molecular complexity index is 1070. The van der Waals surface area contributed by atoms with Crippen LogP contribution in [-0.2, 0) is 17.4 Å². The highest BCUT2D eigenvalue weighted by Crippen LogP contribution is 2.29. The Labute approximate surface area is 190 Å². The first-order valence-corrected chi connectivity index (χ1v) is 10.5. The number of rotatable bonds is 8. The number of carbonyl (C=O) groups is 1. The van der Waals surface area contributed by atoms with Crippen molar-refractivity contribution in [2.45, 2.75) is 38.0 Å². The molecule has 2 atom stereocenters. The van der Waals surface area contributed by atoms with E-state index in [0.717, 1.165) is 17.2 Å². The lowest BCUT2D eigenvalue weighted by Crippen LogP contribution is -2.38. The Balaban J connectivity index is 1.87. The van der Waals surface area contributed by atoms with E-state index in [4.69, 9.17) is 0 Å². The predicted octanol–water partition coefficient (Wildman–Crippen LogP) is 5.30. The zero-order valence-electron chi connectivity index (χ0n) is 18.3. The van der Waals surface area contributed by atoms with E-state index < -0.39 is 17.9 Å². The van der Waals surface area contributed by atoms with E-state index in [9.17, 15) is 22.4 Å². The number of aromatic nitrogens is 1. The summed E-state index contributed by atoms with van der Waals surface area (Å²) >= 11 is 0. The zero-order chi connectivity index (χ0) is 24.0. The number of hydrogen-bond acceptors (Lipinski definition) is 3. The van der Waals surface area contributed by atoms with Crippen LogP contribution in [0.4, 0.5) is 17.6 Å². The second kappa shape index (κ2) is 10.6. The molecule has 0 spiro atoms. The van der Waals surface area contributed by atoms with Crippen LogP contribution in [0, 0.1) is 12.7 Å². The molecule has 0 bridgehead atoms. The van der Waals surface area contributed by atoms with Crippen molar-refractivity contribution in [1.29, 1.82) is 0 Å². The first kappa shape index (κ1) is 24.4. The summed E-state index contributed by atoms with van der Waals surface area (Å²) in [6, 6.07) is 15.2. The highest BCUT2D eigenvalue weighted by atomic mass is 19.4. The normalized spacial score (nSPS) is 13.4. The molecule has 8 heteroatoms. The van der Waals surface area contributed by atoms with Crippen molar-refractivity contribution in [1.82, 2.24) is 15.6 Å². The first-order chi connectivity index (χ1) is 15.7. The smallest absolute Gasteiger partial charge is 0.358 e. The number of benzene rings is 2. The van der Waals surface area contributed by atoms with E-state index in [-0.39, 0.29) is 17.8 Å². The number of aryl methyl sites for hydroxylation is 2. The predicted molar refractivity (Wildman–Crippen MR) is 118 cm³/mol. The van der Waals surface area contributed by atoms with Crippen molar-refractivity contribution in [2.75, 3.05) is 7.05 Å². The number of nitrogens with zero attached hydrogens (tertiary/aromatic N) is 1. The Kier molecular flexibility index (Phi) is 7.81. The molecule has 0 aliphatic carbocycles. The monoisotopic (exact) mass is 459 g/mol. The summed E-state index contributed by atoms with van der Waals surface area (Å²) in [5, 5.41) is 6.01. The van der Waals surface area contributed by atoms with E-state index >= 15 is 0 Å². The lowest BCUT2D eigenvalue weighted by atomic mass is 9.95. The fourth-order valence-corrected chi connectivity index (χ4v) is 3.60. The third-order valence-electron chi connectivity index (χ3n) is 5.43. The van der Waals surface area contributed by atoms with Crippen molar-refractivity contribution in [3.63, 3.8) is 0 Å². The molecule has 2 aromatic carbocycles. The molecule has 3 rings (SSSR count). The number of alkyl halides is 3. The van der Waals surface area contributed by atoms with Crippen LogP contribution in [0.3, 0.4) is 0 Å². The molecule has 0 aliphatic rings. The molecule has 0 saturated carbocycles. The maximum Gasteiger partial charge on any atom is 0.433 e. The van der Waals surface area contributed by atoms with Crippen molar-refractivity contribution in [3.8, 4) is 0 Å². The van der Waals surface area contributed by atoms with Gasteiger partial charge in [-0.25, -0.2) is 4.39 Å². The molecule has 4 nitrogen and oxygen atoms in total. The number of likely N-dealkylation sites (N-methyl/N-ethyl adjacent to an activating group) is 1. The summed E-state index contributed by atoms with van der Waals surface area (Å²) in [5.41, 5.74) is 1.69. The standard InChI is InChI=1S/C25H25F4N3O/c1-16-14-19(10-11-20(16)26)21(12-8-17-9-13-22(31-15-17)25(27,28)29)32-23(24(33)30-2)18-6-4-3-5-7-18/h3-7,9-11,13-15,21,23,32H,8,12H2,1-2H3,(H,30,33)/t21-,23+/m0/s1. The lowest BCUT2D eigenvalue weighted by molar-refractivity contribution is -0.141. The number of halogens is 4. The van der Waals surface area contributed by atoms with E-state index in [0.29, 0.717) is 24.0 Å². The van der Waals surface area contributed by atoms with E-state index in [1.165, 1.54) is 18.3 Å². The second-order valence-corrected chi connectivity index (χ2v) is 7.77. The maximum absolute atomic E-state index is 13.9. The van der Waals surface area contributed by atoms with Crippen LogP contribution in [0.5, 0.6) is 0 Å². The highest BCUT2D eigenvalue weighted by Gasteiger charge is 2.32. The van der Waals surface area contributed by atoms with Gasteiger partial charge in [0.1, 0.15) is 17.6 Å². The molecular formula is C25H25F4N3O. The van der Waals surface area contributed by atoms with Gasteiger partial charge in [-0.15, -0.1) is 0 Å². The Morgan fingerprint density at radius 1 is 1.03 bits per heavy atom. The van der Waals surface area contributed by atoms with Gasteiger partial charge in [0.25, 0.3) is 0 Å². The van der Waals surface area contributed by atoms with E-state index in [2.05, 4.69) is 15.6 Å². The van der Waals surface area contributed by atoms with Crippen molar-refractivity contribution >= 4 is 5.91 Å². The summed E-state index contributed by atoms with van der Waals surface area (Å²) in [5.74, 6) is -0.573. The van der Waals surface area contributed by atoms with Gasteiger partial charge < -0.3 is 5.32 Å². The number of pyridine rings is 1. The SMILES string of the molecule is CNC(=O)[C@H](N[C@@H](CCc1ccc(C(F)(F)F)nc1)c1ccc(F)c(C)c1)c1ccccc1. The maximum atomic E-state index is 13.9. The zero-order valence-corrected chi connectivity index (χ0v) is 18.3. The van der Waals surface area contributed by atoms with Crippen LogP contribution < -0.4 is 10.6 Å². The summed E-state index contributed by atoms with van der Waals surface area (Å²) in [6.45, 7) is 1.66. The van der Waals surface area contributed by atoms with Gasteiger partial charge in [0.2, 0.25) is 5.91 Å². The molecule has 0 fully saturated rings. The molecule has 0 unspecified atom stereocenters. The van der Waals surface area contributed by atoms with Crippen molar-refractivity contribution in [2.24, 2.45) is 0 Å². The minimum Gasteiger partial charge on any atom is -0.358 e. The summed E-state index contributed by atoms with van der Waals surface area (Å²) in [7, 11) is 1.55. The number of hydrogen-bond donors (Lipinski definition) is 2. The largest absolute Gasteiger partial charge is 0.433 e. The second-order valence-electron chi connectivity index (χ2n) is 7.77. The molecule has 174 valence electrons. The highest BCUT2D eigenvalue weighted by molar-refractivity contribution is 5.83. The van der Waals surface area contributed by atoms with Gasteiger partial charge in [0, 0.05) is 19.3 Å². The van der Waals surface area contributed by atoms with Gasteiger partial charge in [-0.05, 0) is 54.2 Å². The summed E-state index contributed by atoms with van der Waals surface area (Å²) in [4.78, 5) is 16.2. The number of nitrogens with one attached hydrogen (secondary N) is 2. The fourth-order valence-electron chi connectivity index (χ4n) is 3.60.